The van der Waals surface area contributed by atoms with Gasteiger partial charge in [0.15, 0.2) is 0 Å². The normalized spacial score (nSPS) is 23.6. The van der Waals surface area contributed by atoms with Crippen molar-refractivity contribution in [3.63, 3.8) is 0 Å². The summed E-state index contributed by atoms with van der Waals surface area (Å²) in [5.74, 6) is 0.932. The van der Waals surface area contributed by atoms with E-state index in [4.69, 9.17) is 9.47 Å². The Kier molecular flexibility index (Phi) is 5.23. The fourth-order valence-corrected chi connectivity index (χ4v) is 2.56. The van der Waals surface area contributed by atoms with E-state index in [1.807, 2.05) is 26.0 Å². The lowest BCUT2D eigenvalue weighted by Gasteiger charge is -2.30. The lowest BCUT2D eigenvalue weighted by atomic mass is 9.97. The average molecular weight is 263 g/mol. The molecule has 19 heavy (non-hydrogen) atoms. The van der Waals surface area contributed by atoms with Crippen molar-refractivity contribution >= 4 is 0 Å². The third kappa shape index (κ3) is 4.22. The zero-order chi connectivity index (χ0) is 13.7. The quantitative estimate of drug-likeness (QED) is 0.884. The molecule has 2 rings (SSSR count). The number of rotatable bonds is 5. The van der Waals surface area contributed by atoms with Crippen LogP contribution in [0.1, 0.15) is 45.3 Å². The van der Waals surface area contributed by atoms with Gasteiger partial charge in [-0.2, -0.15) is 0 Å². The first kappa shape index (κ1) is 14.4. The van der Waals surface area contributed by atoms with E-state index in [2.05, 4.69) is 24.4 Å². The maximum absolute atomic E-state index is 5.90. The Bertz CT molecular complexity index is 390. The summed E-state index contributed by atoms with van der Waals surface area (Å²) < 4.78 is 11.7. The van der Waals surface area contributed by atoms with Crippen LogP contribution < -0.4 is 10.1 Å². The van der Waals surface area contributed by atoms with Crippen molar-refractivity contribution in [2.45, 2.75) is 51.9 Å². The van der Waals surface area contributed by atoms with Crippen LogP contribution >= 0.6 is 0 Å². The Morgan fingerprint density at radius 2 is 2.26 bits per heavy atom. The molecule has 3 heteroatoms. The zero-order valence-electron chi connectivity index (χ0n) is 12.2. The first-order chi connectivity index (χ1) is 9.19. The molecule has 1 aromatic carbocycles. The highest BCUT2D eigenvalue weighted by molar-refractivity contribution is 5.30. The molecule has 2 unspecified atom stereocenters. The molecular formula is C16H25NO2. The van der Waals surface area contributed by atoms with Gasteiger partial charge >= 0.3 is 0 Å². The van der Waals surface area contributed by atoms with E-state index < -0.39 is 0 Å². The SMILES string of the molecule is CCNC1CCOC(c2cccc(OC(C)C)c2)C1. The molecule has 1 saturated heterocycles. The highest BCUT2D eigenvalue weighted by Gasteiger charge is 2.23. The number of nitrogens with one attached hydrogen (secondary N) is 1. The summed E-state index contributed by atoms with van der Waals surface area (Å²) >= 11 is 0. The van der Waals surface area contributed by atoms with Crippen LogP contribution in [-0.4, -0.2) is 25.3 Å². The van der Waals surface area contributed by atoms with Crippen molar-refractivity contribution < 1.29 is 9.47 Å². The molecule has 0 saturated carbocycles. The number of benzene rings is 1. The van der Waals surface area contributed by atoms with Gasteiger partial charge < -0.3 is 14.8 Å². The monoisotopic (exact) mass is 263 g/mol. The van der Waals surface area contributed by atoms with Gasteiger partial charge in [0.2, 0.25) is 0 Å². The van der Waals surface area contributed by atoms with Gasteiger partial charge in [-0.15, -0.1) is 0 Å². The van der Waals surface area contributed by atoms with Gasteiger partial charge in [0.05, 0.1) is 12.2 Å². The minimum absolute atomic E-state index is 0.188. The topological polar surface area (TPSA) is 30.5 Å². The van der Waals surface area contributed by atoms with Crippen LogP contribution in [0.3, 0.4) is 0 Å². The molecule has 2 atom stereocenters. The highest BCUT2D eigenvalue weighted by atomic mass is 16.5. The molecule has 1 aliphatic rings. The lowest BCUT2D eigenvalue weighted by Crippen LogP contribution is -2.35. The maximum Gasteiger partial charge on any atom is 0.120 e. The third-order valence-corrected chi connectivity index (χ3v) is 3.38. The van der Waals surface area contributed by atoms with E-state index in [1.54, 1.807) is 0 Å². The predicted molar refractivity (Wildman–Crippen MR) is 77.6 cm³/mol. The summed E-state index contributed by atoms with van der Waals surface area (Å²) in [6.07, 6.45) is 2.54. The Labute approximate surface area is 116 Å². The van der Waals surface area contributed by atoms with Crippen LogP contribution in [0.5, 0.6) is 5.75 Å². The molecule has 106 valence electrons. The zero-order valence-corrected chi connectivity index (χ0v) is 12.2. The Morgan fingerprint density at radius 3 is 3.00 bits per heavy atom. The molecular weight excluding hydrogens is 238 g/mol. The molecule has 1 aliphatic heterocycles. The molecule has 1 fully saturated rings. The molecule has 1 N–H and O–H groups in total. The van der Waals surface area contributed by atoms with E-state index >= 15 is 0 Å². The summed E-state index contributed by atoms with van der Waals surface area (Å²) in [7, 11) is 0. The van der Waals surface area contributed by atoms with Crippen LogP contribution in [-0.2, 0) is 4.74 Å². The van der Waals surface area contributed by atoms with Crippen LogP contribution in [0.15, 0.2) is 24.3 Å². The molecule has 0 amide bonds. The van der Waals surface area contributed by atoms with Gasteiger partial charge in [0, 0.05) is 12.6 Å². The molecule has 3 nitrogen and oxygen atoms in total. The van der Waals surface area contributed by atoms with Crippen molar-refractivity contribution in [3.05, 3.63) is 29.8 Å². The predicted octanol–water partition coefficient (Wildman–Crippen LogP) is 3.30. The Balaban J connectivity index is 2.04. The van der Waals surface area contributed by atoms with E-state index in [9.17, 15) is 0 Å². The van der Waals surface area contributed by atoms with Crippen LogP contribution in [0, 0.1) is 0 Å². The van der Waals surface area contributed by atoms with Crippen LogP contribution in [0.25, 0.3) is 0 Å². The highest BCUT2D eigenvalue weighted by Crippen LogP contribution is 2.30. The summed E-state index contributed by atoms with van der Waals surface area (Å²) in [5, 5.41) is 3.52. The van der Waals surface area contributed by atoms with Crippen LogP contribution in [0.4, 0.5) is 0 Å². The van der Waals surface area contributed by atoms with Crippen molar-refractivity contribution in [2.24, 2.45) is 0 Å². The molecule has 0 aromatic heterocycles. The molecule has 0 radical (unpaired) electrons. The number of ether oxygens (including phenoxy) is 2. The van der Waals surface area contributed by atoms with Crippen molar-refractivity contribution in [2.75, 3.05) is 13.2 Å². The van der Waals surface area contributed by atoms with E-state index in [-0.39, 0.29) is 12.2 Å². The maximum atomic E-state index is 5.90. The second kappa shape index (κ2) is 6.92. The molecule has 0 aliphatic carbocycles. The van der Waals surface area contributed by atoms with Gasteiger partial charge in [0.25, 0.3) is 0 Å². The second-order valence-electron chi connectivity index (χ2n) is 5.38. The molecule has 1 aromatic rings. The smallest absolute Gasteiger partial charge is 0.120 e. The van der Waals surface area contributed by atoms with Gasteiger partial charge in [-0.25, -0.2) is 0 Å². The largest absolute Gasteiger partial charge is 0.491 e. The molecule has 0 spiro atoms. The van der Waals surface area contributed by atoms with Crippen LogP contribution in [0.2, 0.25) is 0 Å². The number of hydrogen-bond acceptors (Lipinski definition) is 3. The van der Waals surface area contributed by atoms with Crippen molar-refractivity contribution in [1.82, 2.24) is 5.32 Å². The summed E-state index contributed by atoms with van der Waals surface area (Å²) in [6, 6.07) is 8.87. The fourth-order valence-electron chi connectivity index (χ4n) is 2.56. The first-order valence-corrected chi connectivity index (χ1v) is 7.30. The average Bonchev–Trinajstić information content (AvgIpc) is 2.39. The Hall–Kier alpha value is -1.06. The van der Waals surface area contributed by atoms with E-state index in [1.165, 1.54) is 5.56 Å². The minimum Gasteiger partial charge on any atom is -0.491 e. The first-order valence-electron chi connectivity index (χ1n) is 7.30. The van der Waals surface area contributed by atoms with E-state index in [0.717, 1.165) is 31.7 Å². The van der Waals surface area contributed by atoms with E-state index in [0.29, 0.717) is 6.04 Å². The fraction of sp³-hybridized carbons (Fsp3) is 0.625. The van der Waals surface area contributed by atoms with Crippen molar-refractivity contribution in [1.29, 1.82) is 0 Å². The molecule has 0 bridgehead atoms. The number of hydrogen-bond donors (Lipinski definition) is 1. The minimum atomic E-state index is 0.188. The lowest BCUT2D eigenvalue weighted by molar-refractivity contribution is 0.000432. The Morgan fingerprint density at radius 1 is 1.42 bits per heavy atom. The summed E-state index contributed by atoms with van der Waals surface area (Å²) in [5.41, 5.74) is 1.22. The third-order valence-electron chi connectivity index (χ3n) is 3.38. The van der Waals surface area contributed by atoms with Gasteiger partial charge in [-0.1, -0.05) is 19.1 Å². The van der Waals surface area contributed by atoms with Gasteiger partial charge in [-0.05, 0) is 50.9 Å². The molecule has 1 heterocycles. The second-order valence-corrected chi connectivity index (χ2v) is 5.38. The standard InChI is InChI=1S/C16H25NO2/c1-4-17-14-8-9-18-16(11-14)13-6-5-7-15(10-13)19-12(2)3/h5-7,10,12,14,16-17H,4,8-9,11H2,1-3H3. The van der Waals surface area contributed by atoms with Crippen molar-refractivity contribution in [3.8, 4) is 5.75 Å². The summed E-state index contributed by atoms with van der Waals surface area (Å²) in [6.45, 7) is 8.10. The van der Waals surface area contributed by atoms with Gasteiger partial charge in [0.1, 0.15) is 5.75 Å². The van der Waals surface area contributed by atoms with Gasteiger partial charge in [-0.3, -0.25) is 0 Å². The summed E-state index contributed by atoms with van der Waals surface area (Å²) in [4.78, 5) is 0.